The number of hydrogen-bond acceptors (Lipinski definition) is 14. The van der Waals surface area contributed by atoms with Gasteiger partial charge >= 0.3 is 11.4 Å². The molecule has 2 aromatic carbocycles. The van der Waals surface area contributed by atoms with Gasteiger partial charge in [-0.15, -0.1) is 0 Å². The number of aromatic nitrogens is 8. The highest BCUT2D eigenvalue weighted by Gasteiger charge is 2.36. The second-order valence-electron chi connectivity index (χ2n) is 22.5. The Morgan fingerprint density at radius 2 is 0.920 bits per heavy atom. The van der Waals surface area contributed by atoms with Crippen molar-refractivity contribution in [2.45, 2.75) is 130 Å². The topological polar surface area (TPSA) is 203 Å². The molecule has 10 rings (SSSR count). The molecular weight excluding hydrogens is 1190 g/mol. The van der Waals surface area contributed by atoms with E-state index in [1.807, 2.05) is 128 Å². The molecule has 2 aliphatic heterocycles. The standard InChI is InChI=1S/2C32H35ClN6O3S.2CH4/c2*1-8-26(40)37-16-21(6)38(17-20(37)5)30-23-15-24(33)28(22-11-9-10-12-25(22)43(7)42)35-31(23)39(32(41)36-30)29-19(4)13-14-34-27(29)18(2)3;;/h2*8-15,18,20-21H,1,16-17H2,2-7H3;2*1H4/t2*20-,21+,43?;;/m11../s1. The highest BCUT2D eigenvalue weighted by atomic mass is 35.5. The molecule has 0 aliphatic carbocycles. The summed E-state index contributed by atoms with van der Waals surface area (Å²) < 4.78 is 28.4. The van der Waals surface area contributed by atoms with Crippen LogP contribution in [0, 0.1) is 13.8 Å². The number of hydrogen-bond donors (Lipinski definition) is 0. The average Bonchev–Trinajstić information content (AvgIpc) is 0.837. The molecule has 0 spiro atoms. The van der Waals surface area contributed by atoms with Gasteiger partial charge in [0.2, 0.25) is 11.8 Å². The number of anilines is 2. The summed E-state index contributed by atoms with van der Waals surface area (Å²) in [6.07, 6.45) is 9.33. The number of amides is 2. The molecule has 22 heteroatoms. The van der Waals surface area contributed by atoms with Crippen LogP contribution in [0.3, 0.4) is 0 Å². The van der Waals surface area contributed by atoms with Crippen LogP contribution in [0.1, 0.15) is 105 Å². The summed E-state index contributed by atoms with van der Waals surface area (Å²) in [6, 6.07) is 21.2. The summed E-state index contributed by atoms with van der Waals surface area (Å²) in [5.41, 5.74) is 6.25. The molecule has 2 aliphatic rings. The van der Waals surface area contributed by atoms with Crippen molar-refractivity contribution < 1.29 is 18.0 Å². The van der Waals surface area contributed by atoms with Crippen molar-refractivity contribution in [2.75, 3.05) is 48.5 Å². The molecule has 2 saturated heterocycles. The van der Waals surface area contributed by atoms with E-state index in [0.29, 0.717) is 114 Å². The van der Waals surface area contributed by atoms with Crippen molar-refractivity contribution in [2.24, 2.45) is 0 Å². The van der Waals surface area contributed by atoms with Gasteiger partial charge in [-0.2, -0.15) is 9.97 Å². The van der Waals surface area contributed by atoms with Gasteiger partial charge in [-0.05, 0) is 113 Å². The Kier molecular flexibility index (Phi) is 21.3. The Balaban J connectivity index is 0.000000245. The van der Waals surface area contributed by atoms with Crippen LogP contribution < -0.4 is 21.2 Å². The lowest BCUT2D eigenvalue weighted by molar-refractivity contribution is -0.129. The van der Waals surface area contributed by atoms with Crippen LogP contribution >= 0.6 is 23.2 Å². The first-order valence-corrected chi connectivity index (χ1v) is 32.2. The van der Waals surface area contributed by atoms with Gasteiger partial charge < -0.3 is 19.6 Å². The molecule has 464 valence electrons. The van der Waals surface area contributed by atoms with Gasteiger partial charge in [0.15, 0.2) is 11.3 Å². The number of pyridine rings is 4. The maximum absolute atomic E-state index is 14.1. The number of nitrogens with zero attached hydrogens (tertiary/aromatic N) is 12. The maximum atomic E-state index is 14.1. The zero-order chi connectivity index (χ0) is 62.3. The van der Waals surface area contributed by atoms with E-state index in [0.717, 1.165) is 22.5 Å². The molecule has 8 heterocycles. The summed E-state index contributed by atoms with van der Waals surface area (Å²) in [6.45, 7) is 28.9. The molecule has 6 aromatic heterocycles. The number of carbonyl (C=O) groups excluding carboxylic acids is 2. The molecule has 0 bridgehead atoms. The largest absolute Gasteiger partial charge is 0.355 e. The molecule has 88 heavy (non-hydrogen) atoms. The maximum Gasteiger partial charge on any atom is 0.355 e. The third kappa shape index (κ3) is 12.9. The fourth-order valence-electron chi connectivity index (χ4n) is 11.5. The third-order valence-electron chi connectivity index (χ3n) is 15.8. The molecular formula is C66H78Cl2N12O6S2. The molecule has 6 atom stereocenters. The third-order valence-corrected chi connectivity index (χ3v) is 18.3. The number of piperazine rings is 2. The van der Waals surface area contributed by atoms with E-state index < -0.39 is 33.0 Å². The zero-order valence-corrected chi connectivity index (χ0v) is 53.5. The minimum absolute atomic E-state index is 0. The number of fused-ring (bicyclic) bond motifs is 2. The Labute approximate surface area is 530 Å². The summed E-state index contributed by atoms with van der Waals surface area (Å²) in [5, 5.41) is 1.85. The van der Waals surface area contributed by atoms with Crippen LogP contribution in [0.25, 0.3) is 56.0 Å². The number of aryl methyl sites for hydroxylation is 2. The molecule has 0 saturated carbocycles. The fraction of sp³-hybridized carbons (Fsp3) is 0.364. The Morgan fingerprint density at radius 3 is 1.25 bits per heavy atom. The van der Waals surface area contributed by atoms with Gasteiger partial charge in [-0.25, -0.2) is 28.7 Å². The van der Waals surface area contributed by atoms with Crippen LogP contribution in [0.2, 0.25) is 10.0 Å². The first-order chi connectivity index (χ1) is 40.9. The van der Waals surface area contributed by atoms with Gasteiger partial charge in [0.25, 0.3) is 0 Å². The Bertz CT molecular complexity index is 3940. The fourth-order valence-corrected chi connectivity index (χ4v) is 13.5. The van der Waals surface area contributed by atoms with Crippen LogP contribution in [-0.2, 0) is 31.2 Å². The molecule has 2 unspecified atom stereocenters. The lowest BCUT2D eigenvalue weighted by atomic mass is 10.0. The lowest BCUT2D eigenvalue weighted by Crippen LogP contribution is -2.58. The first-order valence-electron chi connectivity index (χ1n) is 28.3. The van der Waals surface area contributed by atoms with Crippen LogP contribution in [0.4, 0.5) is 11.6 Å². The van der Waals surface area contributed by atoms with Gasteiger partial charge in [-0.3, -0.25) is 28.0 Å². The SMILES string of the molecule is C.C.C=CC(=O)N1C[C@H](C)N(c2nc(=O)n(-c3c(C)ccnc3C(C)C)c3nc(-c4ccccc4S(C)=O)c(Cl)cc23)C[C@H]1C.C=CC(=O)N1C[C@H](C)N(c2nc(=O)n(-c3c(C)ccnc3C(C)C)c3nc(-c4ccccc4S(C)=O)c(Cl)cc23)C[C@H]1C. The summed E-state index contributed by atoms with van der Waals surface area (Å²) in [7, 11) is -2.61. The zero-order valence-electron chi connectivity index (χ0n) is 50.3. The predicted molar refractivity (Wildman–Crippen MR) is 359 cm³/mol. The highest BCUT2D eigenvalue weighted by molar-refractivity contribution is 7.84. The molecule has 0 N–H and O–H groups in total. The molecule has 0 radical (unpaired) electrons. The van der Waals surface area contributed by atoms with Gasteiger partial charge in [-0.1, -0.05) is 115 Å². The van der Waals surface area contributed by atoms with E-state index in [4.69, 9.17) is 33.2 Å². The summed E-state index contributed by atoms with van der Waals surface area (Å²) >= 11 is 13.9. The first kappa shape index (κ1) is 67.7. The number of benzene rings is 2. The predicted octanol–water partition coefficient (Wildman–Crippen LogP) is 11.8. The highest BCUT2D eigenvalue weighted by Crippen LogP contribution is 2.40. The van der Waals surface area contributed by atoms with Crippen molar-refractivity contribution >= 4 is 90.3 Å². The minimum Gasteiger partial charge on any atom is -0.349 e. The van der Waals surface area contributed by atoms with Crippen LogP contribution in [0.15, 0.2) is 130 Å². The van der Waals surface area contributed by atoms with Crippen molar-refractivity contribution in [1.82, 2.24) is 48.8 Å². The number of halogens is 2. The molecule has 2 amide bonds. The molecule has 8 aromatic rings. The molecule has 2 fully saturated rings. The summed E-state index contributed by atoms with van der Waals surface area (Å²) in [5.74, 6) is 0.652. The number of carbonyl (C=O) groups is 2. The van der Waals surface area contributed by atoms with Gasteiger partial charge in [0, 0.05) is 96.2 Å². The second-order valence-corrected chi connectivity index (χ2v) is 26.0. The van der Waals surface area contributed by atoms with Crippen molar-refractivity contribution in [3.05, 3.63) is 164 Å². The van der Waals surface area contributed by atoms with Crippen LogP contribution in [0.5, 0.6) is 0 Å². The Hall–Kier alpha value is -7.78. The van der Waals surface area contributed by atoms with Crippen molar-refractivity contribution in [1.29, 1.82) is 0 Å². The lowest BCUT2D eigenvalue weighted by Gasteiger charge is -2.44. The van der Waals surface area contributed by atoms with E-state index >= 15 is 0 Å². The van der Waals surface area contributed by atoms with E-state index in [2.05, 4.69) is 33.1 Å². The smallest absolute Gasteiger partial charge is 0.349 e. The van der Waals surface area contributed by atoms with E-state index in [1.165, 1.54) is 21.3 Å². The summed E-state index contributed by atoms with van der Waals surface area (Å²) in [4.78, 5) is 90.7. The van der Waals surface area contributed by atoms with Crippen molar-refractivity contribution in [3.8, 4) is 33.9 Å². The van der Waals surface area contributed by atoms with Crippen molar-refractivity contribution in [3.63, 3.8) is 0 Å². The van der Waals surface area contributed by atoms with Crippen LogP contribution in [-0.4, -0.2) is 132 Å². The molecule has 18 nitrogen and oxygen atoms in total. The van der Waals surface area contributed by atoms with E-state index in [1.54, 1.807) is 59.0 Å². The number of rotatable bonds is 12. The van der Waals surface area contributed by atoms with E-state index in [-0.39, 0.29) is 62.7 Å². The minimum atomic E-state index is -1.30. The second kappa shape index (κ2) is 27.7. The quantitative estimate of drug-likeness (QED) is 0.104. The monoisotopic (exact) mass is 1270 g/mol. The average molecular weight is 1270 g/mol. The van der Waals surface area contributed by atoms with Gasteiger partial charge in [0.1, 0.15) is 11.6 Å². The van der Waals surface area contributed by atoms with Gasteiger partial charge in [0.05, 0.1) is 76.6 Å². The Morgan fingerprint density at radius 1 is 0.568 bits per heavy atom. The van der Waals surface area contributed by atoms with E-state index in [9.17, 15) is 27.6 Å². The normalized spacial score (nSPS) is 17.5.